The Morgan fingerprint density at radius 3 is 2.34 bits per heavy atom. The van der Waals surface area contributed by atoms with Gasteiger partial charge in [-0.15, -0.1) is 0 Å². The first-order valence-corrected chi connectivity index (χ1v) is 9.75. The average molecular weight is 417 g/mol. The third-order valence-electron chi connectivity index (χ3n) is 3.94. The highest BCUT2D eigenvalue weighted by atomic mass is 32.2. The van der Waals surface area contributed by atoms with Crippen molar-refractivity contribution < 1.29 is 22.5 Å². The molecule has 2 N–H and O–H groups in total. The number of para-hydroxylation sites is 2. The molecule has 3 aromatic carbocycles. The molecule has 3 rings (SSSR count). The summed E-state index contributed by atoms with van der Waals surface area (Å²) in [7, 11) is -2.84. The fraction of sp³-hybridized carbons (Fsp3) is 0.0526. The SMILES string of the molecule is COc1ccccc1NS(=O)(=O)c1cc([N+](=O)[O-])ccc1Nc1ccc(F)cc1. The number of nitro groups is 1. The van der Waals surface area contributed by atoms with Crippen LogP contribution in [-0.4, -0.2) is 20.5 Å². The number of hydrogen-bond donors (Lipinski definition) is 2. The van der Waals surface area contributed by atoms with Crippen molar-refractivity contribution in [3.05, 3.63) is 82.7 Å². The second-order valence-corrected chi connectivity index (χ2v) is 7.53. The minimum Gasteiger partial charge on any atom is -0.495 e. The largest absolute Gasteiger partial charge is 0.495 e. The van der Waals surface area contributed by atoms with E-state index in [0.717, 1.165) is 6.07 Å². The maximum absolute atomic E-state index is 13.1. The van der Waals surface area contributed by atoms with Gasteiger partial charge in [-0.2, -0.15) is 0 Å². The maximum atomic E-state index is 13.1. The predicted octanol–water partition coefficient (Wildman–Crippen LogP) is 4.29. The lowest BCUT2D eigenvalue weighted by Gasteiger charge is -2.15. The number of methoxy groups -OCH3 is 1. The molecular weight excluding hydrogens is 401 g/mol. The van der Waals surface area contributed by atoms with E-state index in [2.05, 4.69) is 10.0 Å². The summed E-state index contributed by atoms with van der Waals surface area (Å²) >= 11 is 0. The quantitative estimate of drug-likeness (QED) is 0.438. The van der Waals surface area contributed by atoms with Crippen molar-refractivity contribution in [2.24, 2.45) is 0 Å². The molecule has 0 atom stereocenters. The van der Waals surface area contributed by atoms with Gasteiger partial charge in [-0.25, -0.2) is 12.8 Å². The number of nitro benzene ring substituents is 1. The van der Waals surface area contributed by atoms with Crippen molar-refractivity contribution in [3.63, 3.8) is 0 Å². The minimum atomic E-state index is -4.23. The van der Waals surface area contributed by atoms with Gasteiger partial charge in [0.25, 0.3) is 15.7 Å². The van der Waals surface area contributed by atoms with E-state index in [0.29, 0.717) is 5.69 Å². The van der Waals surface area contributed by atoms with Gasteiger partial charge < -0.3 is 10.1 Å². The van der Waals surface area contributed by atoms with E-state index < -0.39 is 26.5 Å². The van der Waals surface area contributed by atoms with E-state index in [9.17, 15) is 22.9 Å². The molecule has 0 aliphatic heterocycles. The summed E-state index contributed by atoms with van der Waals surface area (Å²) < 4.78 is 46.7. The van der Waals surface area contributed by atoms with E-state index in [1.54, 1.807) is 18.2 Å². The summed E-state index contributed by atoms with van der Waals surface area (Å²) in [6.45, 7) is 0. The minimum absolute atomic E-state index is 0.0876. The third-order valence-corrected chi connectivity index (χ3v) is 5.35. The molecular formula is C19H16FN3O5S. The molecule has 0 spiro atoms. The molecule has 10 heteroatoms. The molecule has 0 bridgehead atoms. The van der Waals surface area contributed by atoms with Gasteiger partial charge in [0.2, 0.25) is 0 Å². The van der Waals surface area contributed by atoms with E-state index in [4.69, 9.17) is 4.74 Å². The molecule has 0 aromatic heterocycles. The van der Waals surface area contributed by atoms with E-state index in [1.165, 1.54) is 49.6 Å². The van der Waals surface area contributed by atoms with Crippen molar-refractivity contribution in [3.8, 4) is 5.75 Å². The van der Waals surface area contributed by atoms with E-state index in [-0.39, 0.29) is 22.0 Å². The third kappa shape index (κ3) is 4.61. The number of hydrogen-bond acceptors (Lipinski definition) is 6. The zero-order valence-corrected chi connectivity index (χ0v) is 15.9. The first-order chi connectivity index (χ1) is 13.8. The van der Waals surface area contributed by atoms with Crippen LogP contribution in [0.2, 0.25) is 0 Å². The van der Waals surface area contributed by atoms with Crippen LogP contribution in [0.15, 0.2) is 71.6 Å². The molecule has 150 valence electrons. The molecule has 0 fully saturated rings. The zero-order valence-electron chi connectivity index (χ0n) is 15.1. The zero-order chi connectivity index (χ0) is 21.0. The molecule has 0 unspecified atom stereocenters. The predicted molar refractivity (Wildman–Crippen MR) is 107 cm³/mol. The molecule has 0 heterocycles. The topological polar surface area (TPSA) is 111 Å². The van der Waals surface area contributed by atoms with Gasteiger partial charge in [-0.3, -0.25) is 14.8 Å². The molecule has 0 saturated heterocycles. The van der Waals surface area contributed by atoms with Crippen molar-refractivity contribution in [2.45, 2.75) is 4.90 Å². The number of ether oxygens (including phenoxy) is 1. The fourth-order valence-electron chi connectivity index (χ4n) is 2.57. The smallest absolute Gasteiger partial charge is 0.270 e. The maximum Gasteiger partial charge on any atom is 0.270 e. The molecule has 8 nitrogen and oxygen atoms in total. The van der Waals surface area contributed by atoms with Crippen LogP contribution in [0.1, 0.15) is 0 Å². The normalized spacial score (nSPS) is 11.0. The van der Waals surface area contributed by atoms with E-state index >= 15 is 0 Å². The second kappa shape index (κ2) is 8.15. The molecule has 29 heavy (non-hydrogen) atoms. The number of halogens is 1. The highest BCUT2D eigenvalue weighted by molar-refractivity contribution is 7.93. The summed E-state index contributed by atoms with van der Waals surface area (Å²) in [6, 6.07) is 15.0. The Bertz CT molecular complexity index is 1150. The summed E-state index contributed by atoms with van der Waals surface area (Å²) in [5, 5.41) is 14.0. The first kappa shape index (κ1) is 20.1. The Hall–Kier alpha value is -3.66. The molecule has 0 aliphatic carbocycles. The molecule has 0 saturated carbocycles. The van der Waals surface area contributed by atoms with Crippen LogP contribution in [0.3, 0.4) is 0 Å². The number of non-ortho nitro benzene ring substituents is 1. The van der Waals surface area contributed by atoms with Gasteiger partial charge in [0.05, 0.1) is 23.4 Å². The highest BCUT2D eigenvalue weighted by Gasteiger charge is 2.24. The van der Waals surface area contributed by atoms with Crippen LogP contribution >= 0.6 is 0 Å². The van der Waals surface area contributed by atoms with Crippen molar-refractivity contribution in [1.82, 2.24) is 0 Å². The van der Waals surface area contributed by atoms with Crippen molar-refractivity contribution in [2.75, 3.05) is 17.1 Å². The van der Waals surface area contributed by atoms with Crippen LogP contribution in [0.5, 0.6) is 5.75 Å². The molecule has 0 radical (unpaired) electrons. The van der Waals surface area contributed by atoms with Crippen LogP contribution in [-0.2, 0) is 10.0 Å². The number of nitrogens with one attached hydrogen (secondary N) is 2. The van der Waals surface area contributed by atoms with Crippen molar-refractivity contribution >= 4 is 32.8 Å². The number of rotatable bonds is 7. The summed E-state index contributed by atoms with van der Waals surface area (Å²) in [5.41, 5.74) is 0.280. The summed E-state index contributed by atoms with van der Waals surface area (Å²) in [5.74, 6) is -0.167. The molecule has 3 aromatic rings. The van der Waals surface area contributed by atoms with Gasteiger partial charge >= 0.3 is 0 Å². The van der Waals surface area contributed by atoms with Crippen LogP contribution in [0, 0.1) is 15.9 Å². The fourth-order valence-corrected chi connectivity index (χ4v) is 3.82. The lowest BCUT2D eigenvalue weighted by atomic mass is 10.2. The van der Waals surface area contributed by atoms with Gasteiger partial charge in [0, 0.05) is 17.8 Å². The molecule has 0 aliphatic rings. The summed E-state index contributed by atoms with van der Waals surface area (Å²) in [4.78, 5) is 10.1. The lowest BCUT2D eigenvalue weighted by molar-refractivity contribution is -0.385. The standard InChI is InChI=1S/C19H16FN3O5S/c1-28-18-5-3-2-4-16(18)22-29(26,27)19-12-15(23(24)25)10-11-17(19)21-14-8-6-13(20)7-9-14/h2-12,21-22H,1H3. The van der Waals surface area contributed by atoms with Gasteiger partial charge in [-0.05, 0) is 42.5 Å². The number of nitrogens with zero attached hydrogens (tertiary/aromatic N) is 1. The Kier molecular flexibility index (Phi) is 5.64. The number of sulfonamides is 1. The van der Waals surface area contributed by atoms with Gasteiger partial charge in [0.1, 0.15) is 16.5 Å². The monoisotopic (exact) mass is 417 g/mol. The average Bonchev–Trinajstić information content (AvgIpc) is 2.70. The van der Waals surface area contributed by atoms with Crippen LogP contribution < -0.4 is 14.8 Å². The van der Waals surface area contributed by atoms with Gasteiger partial charge in [0.15, 0.2) is 0 Å². The Morgan fingerprint density at radius 2 is 1.69 bits per heavy atom. The highest BCUT2D eigenvalue weighted by Crippen LogP contribution is 2.32. The number of anilines is 3. The Morgan fingerprint density at radius 1 is 1.00 bits per heavy atom. The van der Waals surface area contributed by atoms with Crippen LogP contribution in [0.4, 0.5) is 27.1 Å². The second-order valence-electron chi connectivity index (χ2n) is 5.88. The Balaban J connectivity index is 2.05. The van der Waals surface area contributed by atoms with E-state index in [1.807, 2.05) is 0 Å². The number of benzene rings is 3. The first-order valence-electron chi connectivity index (χ1n) is 8.27. The Labute approximate surface area is 166 Å². The van der Waals surface area contributed by atoms with Crippen LogP contribution in [0.25, 0.3) is 0 Å². The lowest BCUT2D eigenvalue weighted by Crippen LogP contribution is -2.15. The summed E-state index contributed by atoms with van der Waals surface area (Å²) in [6.07, 6.45) is 0. The van der Waals surface area contributed by atoms with Gasteiger partial charge in [-0.1, -0.05) is 12.1 Å². The van der Waals surface area contributed by atoms with Crippen molar-refractivity contribution in [1.29, 1.82) is 0 Å². The molecule has 0 amide bonds.